The maximum atomic E-state index is 12.5. The smallest absolute Gasteiger partial charge is 0.338 e. The molecule has 1 aromatic carbocycles. The number of carbonyl (C=O) groups is 2. The monoisotopic (exact) mass is 453 g/mol. The first kappa shape index (κ1) is 24.0. The normalized spacial score (nSPS) is 10.6. The number of anilines is 1. The van der Waals surface area contributed by atoms with Crippen LogP contribution in [0.2, 0.25) is 5.02 Å². The minimum Gasteiger partial charge on any atom is -0.490 e. The highest BCUT2D eigenvalue weighted by molar-refractivity contribution is 6.32. The minimum atomic E-state index is -0.874. The van der Waals surface area contributed by atoms with Crippen LogP contribution in [-0.4, -0.2) is 40.7 Å². The van der Waals surface area contributed by atoms with E-state index in [1.54, 1.807) is 6.92 Å². The number of aromatic nitrogens is 2. The van der Waals surface area contributed by atoms with E-state index in [2.05, 4.69) is 0 Å². The van der Waals surface area contributed by atoms with Crippen LogP contribution in [0.15, 0.2) is 21.7 Å². The molecule has 0 amide bonds. The number of nitrogens with zero attached hydrogens (tertiary/aromatic N) is 2. The number of hydrogen-bond donors (Lipinski definition) is 1. The Balaban J connectivity index is 2.26. The van der Waals surface area contributed by atoms with Crippen LogP contribution in [-0.2, 0) is 18.8 Å². The summed E-state index contributed by atoms with van der Waals surface area (Å²) < 4.78 is 17.8. The van der Waals surface area contributed by atoms with Crippen molar-refractivity contribution in [1.82, 2.24) is 9.13 Å². The first-order chi connectivity index (χ1) is 14.6. The van der Waals surface area contributed by atoms with E-state index >= 15 is 0 Å². The zero-order valence-electron chi connectivity index (χ0n) is 17.7. The number of Topliss-reactive ketones (excluding diaryl/α,β-unsaturated/α-hetero) is 1. The van der Waals surface area contributed by atoms with Crippen LogP contribution in [0.5, 0.6) is 11.5 Å². The summed E-state index contributed by atoms with van der Waals surface area (Å²) in [7, 11) is 2.53. The van der Waals surface area contributed by atoms with Gasteiger partial charge in [-0.05, 0) is 25.5 Å². The summed E-state index contributed by atoms with van der Waals surface area (Å²) in [4.78, 5) is 49.1. The van der Waals surface area contributed by atoms with Crippen molar-refractivity contribution >= 4 is 29.2 Å². The highest BCUT2D eigenvalue weighted by Crippen LogP contribution is 2.37. The van der Waals surface area contributed by atoms with E-state index in [4.69, 9.17) is 31.5 Å². The van der Waals surface area contributed by atoms with Crippen LogP contribution >= 0.6 is 11.6 Å². The lowest BCUT2D eigenvalue weighted by atomic mass is 10.2. The Labute approximate surface area is 183 Å². The molecule has 11 heteroatoms. The van der Waals surface area contributed by atoms with Gasteiger partial charge in [0.2, 0.25) is 5.78 Å². The van der Waals surface area contributed by atoms with E-state index in [9.17, 15) is 19.2 Å². The Morgan fingerprint density at radius 3 is 2.39 bits per heavy atom. The average Bonchev–Trinajstić information content (AvgIpc) is 2.74. The molecule has 0 aliphatic rings. The summed E-state index contributed by atoms with van der Waals surface area (Å²) in [5, 5.41) is 0.147. The molecule has 0 saturated heterocycles. The Bertz CT molecular complexity index is 1120. The Kier molecular flexibility index (Phi) is 7.87. The van der Waals surface area contributed by atoms with Crippen molar-refractivity contribution in [1.29, 1.82) is 0 Å². The van der Waals surface area contributed by atoms with Gasteiger partial charge in [-0.3, -0.25) is 18.7 Å². The zero-order valence-corrected chi connectivity index (χ0v) is 18.4. The number of nitrogens with two attached hydrogens (primary N) is 1. The molecule has 1 heterocycles. The maximum Gasteiger partial charge on any atom is 0.338 e. The third-order valence-corrected chi connectivity index (χ3v) is 4.60. The number of ether oxygens (including phenoxy) is 3. The van der Waals surface area contributed by atoms with Crippen molar-refractivity contribution in [3.8, 4) is 11.5 Å². The summed E-state index contributed by atoms with van der Waals surface area (Å²) in [5.74, 6) is -1.45. The van der Waals surface area contributed by atoms with E-state index in [1.807, 2.05) is 6.92 Å². The third kappa shape index (κ3) is 5.08. The van der Waals surface area contributed by atoms with Gasteiger partial charge in [-0.2, -0.15) is 0 Å². The van der Waals surface area contributed by atoms with Gasteiger partial charge in [-0.1, -0.05) is 18.5 Å². The molecule has 31 heavy (non-hydrogen) atoms. The topological polar surface area (TPSA) is 132 Å². The molecule has 2 rings (SSSR count). The molecule has 168 valence electrons. The first-order valence-electron chi connectivity index (χ1n) is 9.48. The van der Waals surface area contributed by atoms with Crippen molar-refractivity contribution in [3.05, 3.63) is 49.1 Å². The summed E-state index contributed by atoms with van der Waals surface area (Å²) in [6, 6.07) is 2.73. The van der Waals surface area contributed by atoms with Crippen molar-refractivity contribution in [2.45, 2.75) is 20.3 Å². The molecular formula is C20H24ClN3O7. The number of nitrogen functional groups attached to an aromatic ring is 1. The molecular weight excluding hydrogens is 430 g/mol. The first-order valence-corrected chi connectivity index (χ1v) is 9.86. The van der Waals surface area contributed by atoms with E-state index < -0.39 is 35.2 Å². The lowest BCUT2D eigenvalue weighted by Crippen LogP contribution is -2.42. The van der Waals surface area contributed by atoms with Crippen LogP contribution < -0.4 is 26.5 Å². The maximum absolute atomic E-state index is 12.5. The number of benzene rings is 1. The molecule has 0 saturated carbocycles. The second-order valence-corrected chi connectivity index (χ2v) is 6.94. The molecule has 1 aromatic heterocycles. The van der Waals surface area contributed by atoms with E-state index in [0.717, 1.165) is 15.6 Å². The molecule has 0 fully saturated rings. The van der Waals surface area contributed by atoms with Crippen LogP contribution in [0.1, 0.15) is 41.0 Å². The molecule has 0 bridgehead atoms. The third-order valence-electron chi connectivity index (χ3n) is 4.32. The standard InChI is InChI=1S/C20H24ClN3O7/c1-5-7-30-16-12(21)8-11(9-14(16)29-6-2)19(27)31-10-13(25)15-17(22)23(3)20(28)24(4)18(15)26/h8-9H,5-7,10,22H2,1-4H3. The molecule has 2 aromatic rings. The molecule has 0 aliphatic heterocycles. The number of ketones is 1. The highest BCUT2D eigenvalue weighted by Gasteiger charge is 2.23. The Morgan fingerprint density at radius 2 is 1.77 bits per heavy atom. The second kappa shape index (κ2) is 10.2. The minimum absolute atomic E-state index is 0.0337. The molecule has 0 atom stereocenters. The Morgan fingerprint density at radius 1 is 1.10 bits per heavy atom. The van der Waals surface area contributed by atoms with Crippen molar-refractivity contribution in [3.63, 3.8) is 0 Å². The van der Waals surface area contributed by atoms with Gasteiger partial charge in [0.05, 0.1) is 23.8 Å². The number of rotatable bonds is 9. The van der Waals surface area contributed by atoms with E-state index in [-0.39, 0.29) is 22.2 Å². The van der Waals surface area contributed by atoms with Crippen molar-refractivity contribution in [2.24, 2.45) is 14.1 Å². The second-order valence-electron chi connectivity index (χ2n) is 6.53. The van der Waals surface area contributed by atoms with Gasteiger partial charge in [-0.25, -0.2) is 9.59 Å². The van der Waals surface area contributed by atoms with E-state index in [0.29, 0.717) is 19.0 Å². The number of carbonyl (C=O) groups excluding carboxylic acids is 2. The number of esters is 1. The highest BCUT2D eigenvalue weighted by atomic mass is 35.5. The van der Waals surface area contributed by atoms with Gasteiger partial charge in [0.25, 0.3) is 5.56 Å². The summed E-state index contributed by atoms with van der Waals surface area (Å²) in [6.07, 6.45) is 0.751. The van der Waals surface area contributed by atoms with Gasteiger partial charge in [0.15, 0.2) is 18.1 Å². The van der Waals surface area contributed by atoms with Gasteiger partial charge in [-0.15, -0.1) is 0 Å². The molecule has 10 nitrogen and oxygen atoms in total. The predicted molar refractivity (Wildman–Crippen MR) is 114 cm³/mol. The van der Waals surface area contributed by atoms with Crippen LogP contribution in [0.3, 0.4) is 0 Å². The SMILES string of the molecule is CCCOc1c(Cl)cc(C(=O)OCC(=O)c2c(N)n(C)c(=O)n(C)c2=O)cc1OCC. The quantitative estimate of drug-likeness (QED) is 0.446. The summed E-state index contributed by atoms with van der Waals surface area (Å²) in [6.45, 7) is 3.66. The van der Waals surface area contributed by atoms with Gasteiger partial charge in [0, 0.05) is 14.1 Å². The van der Waals surface area contributed by atoms with Gasteiger partial charge < -0.3 is 19.9 Å². The fraction of sp³-hybridized carbons (Fsp3) is 0.400. The fourth-order valence-electron chi connectivity index (χ4n) is 2.70. The molecule has 0 aliphatic carbocycles. The molecule has 2 N–H and O–H groups in total. The summed E-state index contributed by atoms with van der Waals surface area (Å²) in [5.41, 5.74) is 3.78. The van der Waals surface area contributed by atoms with Crippen LogP contribution in [0.25, 0.3) is 0 Å². The number of hydrogen-bond acceptors (Lipinski definition) is 8. The van der Waals surface area contributed by atoms with Crippen LogP contribution in [0, 0.1) is 0 Å². The fourth-order valence-corrected chi connectivity index (χ4v) is 2.97. The number of halogens is 1. The van der Waals surface area contributed by atoms with Gasteiger partial charge >= 0.3 is 11.7 Å². The Hall–Kier alpha value is -3.27. The summed E-state index contributed by atoms with van der Waals surface area (Å²) >= 11 is 6.23. The van der Waals surface area contributed by atoms with Crippen molar-refractivity contribution in [2.75, 3.05) is 25.6 Å². The largest absolute Gasteiger partial charge is 0.490 e. The van der Waals surface area contributed by atoms with Crippen LogP contribution in [0.4, 0.5) is 5.82 Å². The van der Waals surface area contributed by atoms with E-state index in [1.165, 1.54) is 26.2 Å². The predicted octanol–water partition coefficient (Wildman–Crippen LogP) is 1.55. The average molecular weight is 454 g/mol. The van der Waals surface area contributed by atoms with Crippen molar-refractivity contribution < 1.29 is 23.8 Å². The van der Waals surface area contributed by atoms with Gasteiger partial charge in [0.1, 0.15) is 11.4 Å². The lowest BCUT2D eigenvalue weighted by Gasteiger charge is -2.15. The lowest BCUT2D eigenvalue weighted by molar-refractivity contribution is 0.0473. The molecule has 0 spiro atoms. The zero-order chi connectivity index (χ0) is 23.3. The molecule has 0 radical (unpaired) electrons. The molecule has 0 unspecified atom stereocenters.